The van der Waals surface area contributed by atoms with Gasteiger partial charge in [0.05, 0.1) is 30.5 Å². The molecule has 0 radical (unpaired) electrons. The molecule has 4 atom stereocenters. The van der Waals surface area contributed by atoms with Crippen LogP contribution in [0.25, 0.3) is 0 Å². The van der Waals surface area contributed by atoms with E-state index in [9.17, 15) is 19.5 Å². The third-order valence-corrected chi connectivity index (χ3v) is 7.39. The zero-order valence-corrected chi connectivity index (χ0v) is 24.0. The molecular weight excluding hydrogens is 504 g/mol. The maximum absolute atomic E-state index is 13.4. The summed E-state index contributed by atoms with van der Waals surface area (Å²) < 4.78 is 5.78. The summed E-state index contributed by atoms with van der Waals surface area (Å²) in [7, 11) is 0. The number of allylic oxidation sites excluding steroid dienone is 2. The number of carbonyl (C=O) groups is 3. The fourth-order valence-corrected chi connectivity index (χ4v) is 4.81. The van der Waals surface area contributed by atoms with Crippen molar-refractivity contribution in [1.29, 1.82) is 0 Å². The molecule has 2 amide bonds. The van der Waals surface area contributed by atoms with Gasteiger partial charge in [-0.25, -0.2) is 0 Å². The lowest BCUT2D eigenvalue weighted by atomic mass is 9.86. The van der Waals surface area contributed by atoms with Gasteiger partial charge >= 0.3 is 5.97 Å². The number of hydrogen-bond acceptors (Lipinski definition) is 5. The van der Waals surface area contributed by atoms with Crippen molar-refractivity contribution in [2.24, 2.45) is 17.3 Å². The summed E-state index contributed by atoms with van der Waals surface area (Å²) in [5.74, 6) is -1.67. The molecule has 0 spiro atoms. The van der Waals surface area contributed by atoms with E-state index in [2.05, 4.69) is 10.6 Å². The zero-order valence-electron chi connectivity index (χ0n) is 24.0. The van der Waals surface area contributed by atoms with E-state index in [1.165, 1.54) is 0 Å². The van der Waals surface area contributed by atoms with Gasteiger partial charge in [0, 0.05) is 6.42 Å². The normalized spacial score (nSPS) is 21.6. The van der Waals surface area contributed by atoms with Crippen molar-refractivity contribution in [3.63, 3.8) is 0 Å². The van der Waals surface area contributed by atoms with Gasteiger partial charge in [-0.15, -0.1) is 0 Å². The summed E-state index contributed by atoms with van der Waals surface area (Å²) in [4.78, 5) is 39.5. The summed E-state index contributed by atoms with van der Waals surface area (Å²) >= 11 is 0. The van der Waals surface area contributed by atoms with E-state index in [1.807, 2.05) is 93.6 Å². The maximum Gasteiger partial charge on any atom is 0.309 e. The van der Waals surface area contributed by atoms with Crippen LogP contribution in [0.15, 0.2) is 72.8 Å². The van der Waals surface area contributed by atoms with Crippen molar-refractivity contribution in [3.05, 3.63) is 83.9 Å². The first-order valence-corrected chi connectivity index (χ1v) is 14.3. The van der Waals surface area contributed by atoms with E-state index < -0.39 is 18.0 Å². The Labute approximate surface area is 238 Å². The van der Waals surface area contributed by atoms with Crippen LogP contribution in [0.5, 0.6) is 0 Å². The number of nitrogens with one attached hydrogen (secondary N) is 2. The first kappa shape index (κ1) is 31.1. The Morgan fingerprint density at radius 1 is 1.00 bits per heavy atom. The van der Waals surface area contributed by atoms with Crippen molar-refractivity contribution in [3.8, 4) is 0 Å². The van der Waals surface area contributed by atoms with Crippen molar-refractivity contribution < 1.29 is 24.2 Å². The van der Waals surface area contributed by atoms with Crippen LogP contribution in [0.4, 0.5) is 0 Å². The minimum atomic E-state index is -0.589. The molecule has 7 nitrogen and oxygen atoms in total. The Morgan fingerprint density at radius 2 is 1.65 bits per heavy atom. The number of hydrogen-bond donors (Lipinski definition) is 3. The molecule has 0 saturated heterocycles. The van der Waals surface area contributed by atoms with Crippen molar-refractivity contribution >= 4 is 17.8 Å². The molecule has 2 aromatic rings. The first-order chi connectivity index (χ1) is 19.2. The maximum atomic E-state index is 13.4. The van der Waals surface area contributed by atoms with E-state index >= 15 is 0 Å². The van der Waals surface area contributed by atoms with Crippen LogP contribution in [-0.2, 0) is 32.0 Å². The highest BCUT2D eigenvalue weighted by Crippen LogP contribution is 2.24. The lowest BCUT2D eigenvalue weighted by Crippen LogP contribution is -2.50. The number of amides is 2. The van der Waals surface area contributed by atoms with Gasteiger partial charge in [-0.3, -0.25) is 14.4 Å². The number of aliphatic hydroxyl groups excluding tert-OH is 1. The number of benzene rings is 2. The van der Waals surface area contributed by atoms with E-state index in [1.54, 1.807) is 0 Å². The highest BCUT2D eigenvalue weighted by atomic mass is 16.5. The van der Waals surface area contributed by atoms with Crippen LogP contribution >= 0.6 is 0 Å². The van der Waals surface area contributed by atoms with Crippen molar-refractivity contribution in [2.45, 2.75) is 71.4 Å². The number of esters is 1. The smallest absolute Gasteiger partial charge is 0.309 e. The van der Waals surface area contributed by atoms with E-state index in [0.29, 0.717) is 32.1 Å². The topological polar surface area (TPSA) is 105 Å². The first-order valence-electron chi connectivity index (χ1n) is 14.3. The van der Waals surface area contributed by atoms with E-state index in [0.717, 1.165) is 11.1 Å². The van der Waals surface area contributed by atoms with Crippen LogP contribution in [0.3, 0.4) is 0 Å². The van der Waals surface area contributed by atoms with Gasteiger partial charge in [0.25, 0.3) is 0 Å². The highest BCUT2D eigenvalue weighted by Gasteiger charge is 2.32. The zero-order chi connectivity index (χ0) is 29.0. The van der Waals surface area contributed by atoms with Crippen molar-refractivity contribution in [1.82, 2.24) is 10.6 Å². The third kappa shape index (κ3) is 10.3. The number of ether oxygens (including phenoxy) is 1. The molecule has 0 saturated carbocycles. The van der Waals surface area contributed by atoms with Gasteiger partial charge in [0.2, 0.25) is 11.8 Å². The predicted octanol–water partition coefficient (Wildman–Crippen LogP) is 4.39. The summed E-state index contributed by atoms with van der Waals surface area (Å²) in [6.45, 7) is 5.83. The molecule has 0 aliphatic carbocycles. The number of aliphatic hydroxyl groups is 1. The van der Waals surface area contributed by atoms with Gasteiger partial charge in [0.1, 0.15) is 6.61 Å². The Bertz CT molecular complexity index is 1110. The molecule has 1 aliphatic rings. The van der Waals surface area contributed by atoms with E-state index in [-0.39, 0.29) is 48.8 Å². The third-order valence-electron chi connectivity index (χ3n) is 7.39. The predicted molar refractivity (Wildman–Crippen MR) is 156 cm³/mol. The standard InChI is InChI=1S/C33H44N2O5/c1-33(2,3)29-23-40-32(39)27(19-24-13-7-4-8-14-24)18-12-6-11-17-26(31(38)35-29)21-30(37)34-28(22-36)20-25-15-9-5-10-16-25/h4-11,13-16,26-29,36H,12,17-23H2,1-3H3,(H,34,37)(H,35,38). The molecule has 4 unspecified atom stereocenters. The van der Waals surface area contributed by atoms with Crippen LogP contribution < -0.4 is 10.6 Å². The average Bonchev–Trinajstić information content (AvgIpc) is 2.94. The second-order valence-electron chi connectivity index (χ2n) is 11.8. The molecule has 3 N–H and O–H groups in total. The number of rotatable bonds is 8. The largest absolute Gasteiger partial charge is 0.463 e. The second-order valence-corrected chi connectivity index (χ2v) is 11.8. The van der Waals surface area contributed by atoms with E-state index in [4.69, 9.17) is 4.74 Å². The van der Waals surface area contributed by atoms with Crippen molar-refractivity contribution in [2.75, 3.05) is 13.2 Å². The van der Waals surface area contributed by atoms with Crippen LogP contribution in [-0.4, -0.2) is 48.2 Å². The Kier molecular flexibility index (Phi) is 11.9. The average molecular weight is 549 g/mol. The molecule has 0 bridgehead atoms. The minimum Gasteiger partial charge on any atom is -0.463 e. The molecule has 216 valence electrons. The van der Waals surface area contributed by atoms with Crippen LogP contribution in [0.2, 0.25) is 0 Å². The lowest BCUT2D eigenvalue weighted by Gasteiger charge is -2.32. The molecule has 1 aliphatic heterocycles. The number of cyclic esters (lactones) is 1. The summed E-state index contributed by atoms with van der Waals surface area (Å²) in [6, 6.07) is 18.7. The fraction of sp³-hybridized carbons (Fsp3) is 0.485. The molecule has 0 aromatic heterocycles. The van der Waals surface area contributed by atoms with Gasteiger partial charge in [-0.1, -0.05) is 93.6 Å². The Balaban J connectivity index is 1.71. The monoisotopic (exact) mass is 548 g/mol. The Morgan fingerprint density at radius 3 is 2.27 bits per heavy atom. The summed E-state index contributed by atoms with van der Waals surface area (Å²) in [5.41, 5.74) is 1.72. The van der Waals surface area contributed by atoms with Gasteiger partial charge in [0.15, 0.2) is 0 Å². The molecular formula is C33H44N2O5. The van der Waals surface area contributed by atoms with Gasteiger partial charge < -0.3 is 20.5 Å². The van der Waals surface area contributed by atoms with Gasteiger partial charge in [-0.2, -0.15) is 0 Å². The quantitative estimate of drug-likeness (QED) is 0.335. The molecule has 3 rings (SSSR count). The SMILES string of the molecule is CC(C)(C)C1COC(=O)C(Cc2ccccc2)CCC=CCC(CC(=O)NC(CO)Cc2ccccc2)C(=O)N1. The number of carbonyl (C=O) groups excluding carboxylic acids is 3. The van der Waals surface area contributed by atoms with Gasteiger partial charge in [-0.05, 0) is 48.6 Å². The minimum absolute atomic E-state index is 0.00521. The summed E-state index contributed by atoms with van der Waals surface area (Å²) in [5, 5.41) is 15.8. The molecule has 7 heteroatoms. The molecule has 1 heterocycles. The summed E-state index contributed by atoms with van der Waals surface area (Å²) in [6.07, 6.45) is 6.70. The molecule has 2 aromatic carbocycles. The van der Waals surface area contributed by atoms with Crippen LogP contribution in [0, 0.1) is 17.3 Å². The molecule has 40 heavy (non-hydrogen) atoms. The lowest BCUT2D eigenvalue weighted by molar-refractivity contribution is -0.151. The van der Waals surface area contributed by atoms with Crippen LogP contribution in [0.1, 0.15) is 57.6 Å². The second kappa shape index (κ2) is 15.4. The highest BCUT2D eigenvalue weighted by molar-refractivity contribution is 5.86. The Hall–Kier alpha value is -3.45. The molecule has 0 fully saturated rings. The fourth-order valence-electron chi connectivity index (χ4n) is 4.81.